The van der Waals surface area contributed by atoms with Crippen LogP contribution in [0.2, 0.25) is 0 Å². The number of aliphatic hydroxyl groups is 1. The fourth-order valence-electron chi connectivity index (χ4n) is 1.02. The SMILES string of the molecule is NN(C(=O)O)c1nc(CCNCCO)cs1. The van der Waals surface area contributed by atoms with Crippen LogP contribution < -0.4 is 16.2 Å². The van der Waals surface area contributed by atoms with Gasteiger partial charge in [0.15, 0.2) is 0 Å². The summed E-state index contributed by atoms with van der Waals surface area (Å²) in [6.07, 6.45) is -0.566. The zero-order valence-corrected chi connectivity index (χ0v) is 9.40. The first kappa shape index (κ1) is 12.8. The molecular weight excluding hydrogens is 232 g/mol. The van der Waals surface area contributed by atoms with Crippen LogP contribution in [0.15, 0.2) is 5.38 Å². The summed E-state index contributed by atoms with van der Waals surface area (Å²) in [6.45, 7) is 1.31. The van der Waals surface area contributed by atoms with Crippen molar-refractivity contribution < 1.29 is 15.0 Å². The molecule has 0 aromatic carbocycles. The molecule has 0 aliphatic carbocycles. The minimum absolute atomic E-state index is 0.0951. The van der Waals surface area contributed by atoms with Gasteiger partial charge < -0.3 is 15.5 Å². The predicted octanol–water partition coefficient (Wildman–Crippen LogP) is -0.374. The summed E-state index contributed by atoms with van der Waals surface area (Å²) in [5, 5.41) is 22.8. The Bertz CT molecular complexity index is 344. The highest BCUT2D eigenvalue weighted by Gasteiger charge is 2.13. The van der Waals surface area contributed by atoms with Crippen molar-refractivity contribution in [2.75, 3.05) is 24.7 Å². The number of aliphatic hydroxyl groups excluding tert-OH is 1. The minimum atomic E-state index is -1.24. The number of nitrogens with two attached hydrogens (primary N) is 1. The molecule has 1 rings (SSSR count). The average molecular weight is 246 g/mol. The van der Waals surface area contributed by atoms with Gasteiger partial charge in [0.25, 0.3) is 0 Å². The summed E-state index contributed by atoms with van der Waals surface area (Å²) in [7, 11) is 0. The van der Waals surface area contributed by atoms with E-state index in [1.54, 1.807) is 5.38 Å². The standard InChI is InChI=1S/C8H14N4O3S/c9-12(8(14)15)7-11-6(5-16-7)1-2-10-3-4-13/h5,10,13H,1-4,9H2,(H,14,15). The summed E-state index contributed by atoms with van der Waals surface area (Å²) in [4.78, 5) is 14.6. The van der Waals surface area contributed by atoms with Crippen LogP contribution in [0.25, 0.3) is 0 Å². The maximum atomic E-state index is 10.5. The molecular formula is C8H14N4O3S. The molecule has 0 saturated carbocycles. The van der Waals surface area contributed by atoms with E-state index in [2.05, 4.69) is 10.3 Å². The topological polar surface area (TPSA) is 112 Å². The normalized spacial score (nSPS) is 10.4. The van der Waals surface area contributed by atoms with Crippen molar-refractivity contribution in [1.82, 2.24) is 10.3 Å². The predicted molar refractivity (Wildman–Crippen MR) is 60.5 cm³/mol. The number of hydrazine groups is 1. The fraction of sp³-hybridized carbons (Fsp3) is 0.500. The second-order valence-electron chi connectivity index (χ2n) is 3.00. The monoisotopic (exact) mass is 246 g/mol. The quantitative estimate of drug-likeness (QED) is 0.236. The second kappa shape index (κ2) is 6.38. The lowest BCUT2D eigenvalue weighted by molar-refractivity contribution is 0.202. The average Bonchev–Trinajstić information content (AvgIpc) is 2.72. The van der Waals surface area contributed by atoms with Gasteiger partial charge in [-0.05, 0) is 0 Å². The van der Waals surface area contributed by atoms with Crippen molar-refractivity contribution in [3.05, 3.63) is 11.1 Å². The third-order valence-electron chi connectivity index (χ3n) is 1.80. The van der Waals surface area contributed by atoms with Gasteiger partial charge in [-0.1, -0.05) is 0 Å². The van der Waals surface area contributed by atoms with Crippen molar-refractivity contribution in [1.29, 1.82) is 0 Å². The molecule has 0 aliphatic rings. The van der Waals surface area contributed by atoms with Crippen LogP contribution in [0.3, 0.4) is 0 Å². The molecule has 0 saturated heterocycles. The maximum absolute atomic E-state index is 10.5. The number of thiazole rings is 1. The molecule has 0 fully saturated rings. The van der Waals surface area contributed by atoms with E-state index in [9.17, 15) is 4.79 Å². The van der Waals surface area contributed by atoms with Crippen LogP contribution in [0.1, 0.15) is 5.69 Å². The molecule has 1 aromatic heterocycles. The van der Waals surface area contributed by atoms with Crippen LogP contribution in [-0.4, -0.2) is 41.0 Å². The van der Waals surface area contributed by atoms with Gasteiger partial charge in [0.1, 0.15) is 0 Å². The highest BCUT2D eigenvalue weighted by Crippen LogP contribution is 2.18. The zero-order valence-electron chi connectivity index (χ0n) is 8.59. The number of hydrogen-bond donors (Lipinski definition) is 4. The van der Waals surface area contributed by atoms with Crippen LogP contribution in [0.5, 0.6) is 0 Å². The lowest BCUT2D eigenvalue weighted by Gasteiger charge is -2.06. The van der Waals surface area contributed by atoms with Gasteiger partial charge in [0.2, 0.25) is 5.13 Å². The number of carbonyl (C=O) groups is 1. The molecule has 0 atom stereocenters. The molecule has 5 N–H and O–H groups in total. The molecule has 1 amide bonds. The van der Waals surface area contributed by atoms with Crippen molar-refractivity contribution in [3.63, 3.8) is 0 Å². The van der Waals surface area contributed by atoms with Crippen LogP contribution >= 0.6 is 11.3 Å². The zero-order chi connectivity index (χ0) is 12.0. The smallest absolute Gasteiger partial charge is 0.428 e. The Balaban J connectivity index is 2.42. The Kier molecular flexibility index (Phi) is 5.12. The maximum Gasteiger partial charge on any atom is 0.428 e. The summed E-state index contributed by atoms with van der Waals surface area (Å²) in [6, 6.07) is 0. The molecule has 0 spiro atoms. The number of nitrogens with zero attached hydrogens (tertiary/aromatic N) is 2. The van der Waals surface area contributed by atoms with Gasteiger partial charge >= 0.3 is 6.09 Å². The molecule has 0 unspecified atom stereocenters. The highest BCUT2D eigenvalue weighted by atomic mass is 32.1. The van der Waals surface area contributed by atoms with Crippen LogP contribution in [0.4, 0.5) is 9.93 Å². The molecule has 8 heteroatoms. The van der Waals surface area contributed by atoms with Crippen molar-refractivity contribution >= 4 is 22.6 Å². The number of amides is 1. The van der Waals surface area contributed by atoms with Crippen LogP contribution in [0, 0.1) is 0 Å². The Morgan fingerprint density at radius 2 is 2.38 bits per heavy atom. The fourth-order valence-corrected chi connectivity index (χ4v) is 1.80. The molecule has 90 valence electrons. The van der Waals surface area contributed by atoms with Crippen molar-refractivity contribution in [2.45, 2.75) is 6.42 Å². The number of anilines is 1. The molecule has 16 heavy (non-hydrogen) atoms. The lowest BCUT2D eigenvalue weighted by atomic mass is 10.3. The summed E-state index contributed by atoms with van der Waals surface area (Å²) >= 11 is 1.18. The molecule has 1 heterocycles. The van der Waals surface area contributed by atoms with E-state index in [0.717, 1.165) is 5.69 Å². The molecule has 0 radical (unpaired) electrons. The van der Waals surface area contributed by atoms with E-state index in [0.29, 0.717) is 24.5 Å². The summed E-state index contributed by atoms with van der Waals surface area (Å²) in [5.74, 6) is 5.26. The third-order valence-corrected chi connectivity index (χ3v) is 2.69. The van der Waals surface area contributed by atoms with Crippen molar-refractivity contribution in [2.24, 2.45) is 5.84 Å². The Hall–Kier alpha value is -1.22. The number of carboxylic acid groups (broad SMARTS) is 1. The number of rotatable bonds is 6. The van der Waals surface area contributed by atoms with E-state index in [-0.39, 0.29) is 11.7 Å². The molecule has 0 bridgehead atoms. The van der Waals surface area contributed by atoms with Gasteiger partial charge in [-0.3, -0.25) is 0 Å². The van der Waals surface area contributed by atoms with Gasteiger partial charge in [0, 0.05) is 24.9 Å². The Labute approximate surface area is 96.5 Å². The summed E-state index contributed by atoms with van der Waals surface area (Å²) < 4.78 is 0. The Morgan fingerprint density at radius 3 is 3.00 bits per heavy atom. The van der Waals surface area contributed by atoms with E-state index < -0.39 is 6.09 Å². The van der Waals surface area contributed by atoms with Gasteiger partial charge in [-0.2, -0.15) is 5.01 Å². The molecule has 1 aromatic rings. The van der Waals surface area contributed by atoms with Crippen LogP contribution in [-0.2, 0) is 6.42 Å². The Morgan fingerprint density at radius 1 is 1.62 bits per heavy atom. The van der Waals surface area contributed by atoms with E-state index >= 15 is 0 Å². The molecule has 0 aliphatic heterocycles. The number of hydrogen-bond acceptors (Lipinski definition) is 6. The van der Waals surface area contributed by atoms with E-state index in [1.807, 2.05) is 0 Å². The first-order valence-corrected chi connectivity index (χ1v) is 5.57. The lowest BCUT2D eigenvalue weighted by Crippen LogP contribution is -2.35. The van der Waals surface area contributed by atoms with E-state index in [4.69, 9.17) is 16.1 Å². The molecule has 7 nitrogen and oxygen atoms in total. The number of nitrogens with one attached hydrogen (secondary N) is 1. The van der Waals surface area contributed by atoms with Gasteiger partial charge in [-0.15, -0.1) is 11.3 Å². The summed E-state index contributed by atoms with van der Waals surface area (Å²) in [5.41, 5.74) is 0.780. The first-order chi connectivity index (χ1) is 7.65. The number of aromatic nitrogens is 1. The minimum Gasteiger partial charge on any atom is -0.464 e. The van der Waals surface area contributed by atoms with Crippen molar-refractivity contribution in [3.8, 4) is 0 Å². The van der Waals surface area contributed by atoms with Gasteiger partial charge in [0.05, 0.1) is 12.3 Å². The van der Waals surface area contributed by atoms with Gasteiger partial charge in [-0.25, -0.2) is 15.6 Å². The first-order valence-electron chi connectivity index (χ1n) is 4.69. The third kappa shape index (κ3) is 3.74. The largest absolute Gasteiger partial charge is 0.464 e. The highest BCUT2D eigenvalue weighted by molar-refractivity contribution is 7.13. The van der Waals surface area contributed by atoms with E-state index in [1.165, 1.54) is 11.3 Å². The second-order valence-corrected chi connectivity index (χ2v) is 3.83.